The van der Waals surface area contributed by atoms with Crippen LogP contribution in [0.25, 0.3) is 0 Å². The Balaban J connectivity index is 2.79. The van der Waals surface area contributed by atoms with E-state index in [4.69, 9.17) is 14.7 Å². The van der Waals surface area contributed by atoms with Crippen LogP contribution in [0.5, 0.6) is 5.75 Å². The van der Waals surface area contributed by atoms with Crippen LogP contribution < -0.4 is 4.74 Å². The first kappa shape index (κ1) is 13.5. The first-order valence-electron chi connectivity index (χ1n) is 4.99. The van der Waals surface area contributed by atoms with Crippen LogP contribution in [0.3, 0.4) is 0 Å². The molecule has 1 atom stereocenters. The Morgan fingerprint density at radius 3 is 2.33 bits per heavy atom. The SMILES string of the molecule is COC(=O)O[C@@H](C#N)c1ccc(OC(C)=O)cc1. The summed E-state index contributed by atoms with van der Waals surface area (Å²) in [6.07, 6.45) is -2.01. The molecule has 0 fully saturated rings. The van der Waals surface area contributed by atoms with Gasteiger partial charge >= 0.3 is 12.1 Å². The Bertz CT molecular complexity index is 474. The molecule has 0 amide bonds. The lowest BCUT2D eigenvalue weighted by Crippen LogP contribution is -2.10. The monoisotopic (exact) mass is 249 g/mol. The van der Waals surface area contributed by atoms with Gasteiger partial charge in [-0.05, 0) is 12.1 Å². The zero-order valence-corrected chi connectivity index (χ0v) is 9.88. The summed E-state index contributed by atoms with van der Waals surface area (Å²) in [6, 6.07) is 7.86. The molecule has 0 aliphatic rings. The van der Waals surface area contributed by atoms with Crippen molar-refractivity contribution in [3.8, 4) is 11.8 Å². The van der Waals surface area contributed by atoms with Crippen molar-refractivity contribution in [2.45, 2.75) is 13.0 Å². The number of carbonyl (C=O) groups excluding carboxylic acids is 2. The molecule has 18 heavy (non-hydrogen) atoms. The van der Waals surface area contributed by atoms with Crippen LogP contribution in [0.1, 0.15) is 18.6 Å². The number of benzene rings is 1. The minimum absolute atomic E-state index is 0.348. The number of ether oxygens (including phenoxy) is 3. The summed E-state index contributed by atoms with van der Waals surface area (Å²) in [5.74, 6) is -0.0913. The highest BCUT2D eigenvalue weighted by Gasteiger charge is 2.16. The number of hydrogen-bond donors (Lipinski definition) is 0. The van der Waals surface area contributed by atoms with Crippen LogP contribution in [0.2, 0.25) is 0 Å². The van der Waals surface area contributed by atoms with Crippen molar-refractivity contribution < 1.29 is 23.8 Å². The van der Waals surface area contributed by atoms with Gasteiger partial charge < -0.3 is 14.2 Å². The Hall–Kier alpha value is -2.55. The molecule has 6 nitrogen and oxygen atoms in total. The van der Waals surface area contributed by atoms with Gasteiger partial charge in [0.2, 0.25) is 6.10 Å². The fraction of sp³-hybridized carbons (Fsp3) is 0.250. The molecular weight excluding hydrogens is 238 g/mol. The van der Waals surface area contributed by atoms with Gasteiger partial charge in [0.05, 0.1) is 7.11 Å². The molecule has 94 valence electrons. The van der Waals surface area contributed by atoms with E-state index in [0.29, 0.717) is 11.3 Å². The third kappa shape index (κ3) is 3.79. The molecule has 0 aliphatic carbocycles. The van der Waals surface area contributed by atoms with Gasteiger partial charge in [-0.15, -0.1) is 0 Å². The maximum Gasteiger partial charge on any atom is 0.509 e. The van der Waals surface area contributed by atoms with Crippen molar-refractivity contribution in [2.75, 3.05) is 7.11 Å². The van der Waals surface area contributed by atoms with Gasteiger partial charge in [-0.2, -0.15) is 5.26 Å². The summed E-state index contributed by atoms with van der Waals surface area (Å²) in [5, 5.41) is 8.87. The Kier molecular flexibility index (Phi) is 4.69. The van der Waals surface area contributed by atoms with Crippen molar-refractivity contribution in [3.63, 3.8) is 0 Å². The van der Waals surface area contributed by atoms with Gasteiger partial charge in [0.1, 0.15) is 11.8 Å². The molecular formula is C12H11NO5. The third-order valence-corrected chi connectivity index (χ3v) is 1.94. The van der Waals surface area contributed by atoms with Gasteiger partial charge in [0, 0.05) is 12.5 Å². The highest BCUT2D eigenvalue weighted by Crippen LogP contribution is 2.20. The van der Waals surface area contributed by atoms with Gasteiger partial charge in [0.25, 0.3) is 0 Å². The molecule has 0 heterocycles. The van der Waals surface area contributed by atoms with E-state index in [-0.39, 0.29) is 0 Å². The molecule has 0 bridgehead atoms. The van der Waals surface area contributed by atoms with Gasteiger partial charge in [0.15, 0.2) is 0 Å². The summed E-state index contributed by atoms with van der Waals surface area (Å²) < 4.78 is 13.9. The Morgan fingerprint density at radius 1 is 1.28 bits per heavy atom. The zero-order chi connectivity index (χ0) is 13.5. The highest BCUT2D eigenvalue weighted by atomic mass is 16.7. The molecule has 0 unspecified atom stereocenters. The number of nitriles is 1. The van der Waals surface area contributed by atoms with Crippen LogP contribution in [0.15, 0.2) is 24.3 Å². The standard InChI is InChI=1S/C12H11NO5/c1-8(14)17-10-5-3-9(4-6-10)11(7-13)18-12(15)16-2/h3-6,11H,1-2H3/t11-/m0/s1. The van der Waals surface area contributed by atoms with Gasteiger partial charge in [-0.25, -0.2) is 4.79 Å². The van der Waals surface area contributed by atoms with Crippen LogP contribution in [-0.4, -0.2) is 19.2 Å². The van der Waals surface area contributed by atoms with Crippen LogP contribution in [-0.2, 0) is 14.3 Å². The molecule has 0 saturated carbocycles. The molecule has 6 heteroatoms. The number of rotatable bonds is 3. The van der Waals surface area contributed by atoms with E-state index in [9.17, 15) is 9.59 Å². The quantitative estimate of drug-likeness (QED) is 0.601. The van der Waals surface area contributed by atoms with Crippen molar-refractivity contribution in [2.24, 2.45) is 0 Å². The average Bonchev–Trinajstić information content (AvgIpc) is 2.36. The number of carbonyl (C=O) groups is 2. The summed E-state index contributed by atoms with van der Waals surface area (Å²) >= 11 is 0. The molecule has 1 rings (SSSR count). The lowest BCUT2D eigenvalue weighted by Gasteiger charge is -2.10. The molecule has 0 aliphatic heterocycles. The molecule has 0 spiro atoms. The maximum atomic E-state index is 10.9. The van der Waals surface area contributed by atoms with E-state index in [0.717, 1.165) is 7.11 Å². The van der Waals surface area contributed by atoms with E-state index in [1.807, 2.05) is 6.07 Å². The molecule has 1 aromatic rings. The predicted octanol–water partition coefficient (Wildman–Crippen LogP) is 1.96. The highest BCUT2D eigenvalue weighted by molar-refractivity contribution is 5.69. The second-order valence-electron chi connectivity index (χ2n) is 3.24. The normalized spacial score (nSPS) is 10.9. The van der Waals surface area contributed by atoms with E-state index < -0.39 is 18.2 Å². The van der Waals surface area contributed by atoms with Crippen LogP contribution in [0, 0.1) is 11.3 Å². The molecule has 0 N–H and O–H groups in total. The summed E-state index contributed by atoms with van der Waals surface area (Å²) in [4.78, 5) is 21.6. The van der Waals surface area contributed by atoms with Crippen LogP contribution in [0.4, 0.5) is 4.79 Å². The van der Waals surface area contributed by atoms with E-state index in [1.54, 1.807) is 0 Å². The van der Waals surface area contributed by atoms with Gasteiger partial charge in [-0.1, -0.05) is 12.1 Å². The fourth-order valence-corrected chi connectivity index (χ4v) is 1.19. The van der Waals surface area contributed by atoms with Crippen molar-refractivity contribution in [1.82, 2.24) is 0 Å². The minimum atomic E-state index is -1.07. The smallest absolute Gasteiger partial charge is 0.438 e. The molecule has 0 aromatic heterocycles. The average molecular weight is 249 g/mol. The molecule has 1 aromatic carbocycles. The molecule has 0 radical (unpaired) electrons. The van der Waals surface area contributed by atoms with E-state index in [2.05, 4.69) is 4.74 Å². The van der Waals surface area contributed by atoms with Crippen LogP contribution >= 0.6 is 0 Å². The second kappa shape index (κ2) is 6.25. The topological polar surface area (TPSA) is 85.6 Å². The number of nitrogens with zero attached hydrogens (tertiary/aromatic N) is 1. The lowest BCUT2D eigenvalue weighted by molar-refractivity contribution is -0.131. The maximum absolute atomic E-state index is 10.9. The first-order chi connectivity index (χ1) is 8.56. The minimum Gasteiger partial charge on any atom is -0.438 e. The largest absolute Gasteiger partial charge is 0.509 e. The second-order valence-corrected chi connectivity index (χ2v) is 3.24. The van der Waals surface area contributed by atoms with Crippen molar-refractivity contribution >= 4 is 12.1 Å². The van der Waals surface area contributed by atoms with Crippen molar-refractivity contribution in [1.29, 1.82) is 5.26 Å². The van der Waals surface area contributed by atoms with Gasteiger partial charge in [-0.3, -0.25) is 4.79 Å². The number of hydrogen-bond acceptors (Lipinski definition) is 6. The Morgan fingerprint density at radius 2 is 1.89 bits per heavy atom. The van der Waals surface area contributed by atoms with E-state index >= 15 is 0 Å². The summed E-state index contributed by atoms with van der Waals surface area (Å²) in [5.41, 5.74) is 0.457. The first-order valence-corrected chi connectivity index (χ1v) is 4.99. The summed E-state index contributed by atoms with van der Waals surface area (Å²) in [6.45, 7) is 1.28. The number of methoxy groups -OCH3 is 1. The lowest BCUT2D eigenvalue weighted by atomic mass is 10.1. The zero-order valence-electron chi connectivity index (χ0n) is 9.88. The third-order valence-electron chi connectivity index (χ3n) is 1.94. The number of esters is 1. The van der Waals surface area contributed by atoms with E-state index in [1.165, 1.54) is 31.2 Å². The fourth-order valence-electron chi connectivity index (χ4n) is 1.19. The van der Waals surface area contributed by atoms with Crippen molar-refractivity contribution in [3.05, 3.63) is 29.8 Å². The molecule has 0 saturated heterocycles. The predicted molar refractivity (Wildman–Crippen MR) is 59.6 cm³/mol. The summed E-state index contributed by atoms with van der Waals surface area (Å²) in [7, 11) is 1.15. The Labute approximate surface area is 104 Å².